The summed E-state index contributed by atoms with van der Waals surface area (Å²) in [6, 6.07) is 11.3. The lowest BCUT2D eigenvalue weighted by atomic mass is 10.2. The van der Waals surface area contributed by atoms with E-state index >= 15 is 0 Å². The number of unbranched alkanes of at least 4 members (excludes halogenated alkanes) is 3. The largest absolute Gasteiger partial charge is 0.497 e. The molecule has 2 N–H and O–H groups in total. The fourth-order valence-corrected chi connectivity index (χ4v) is 2.38. The van der Waals surface area contributed by atoms with E-state index in [2.05, 4.69) is 20.6 Å². The van der Waals surface area contributed by atoms with Crippen LogP contribution in [-0.2, 0) is 0 Å². The summed E-state index contributed by atoms with van der Waals surface area (Å²) in [6.07, 6.45) is 9.31. The molecule has 27 heavy (non-hydrogen) atoms. The van der Waals surface area contributed by atoms with E-state index < -0.39 is 0 Å². The summed E-state index contributed by atoms with van der Waals surface area (Å²) < 4.78 is 10.9. The SMILES string of the molecule is COc1cccc(OCCCCCCN=C(NC#N)Nc2cccnc2)c1. The highest BCUT2D eigenvalue weighted by Crippen LogP contribution is 2.19. The van der Waals surface area contributed by atoms with Gasteiger partial charge in [0.1, 0.15) is 11.5 Å². The molecular formula is C20H25N5O2. The van der Waals surface area contributed by atoms with Crippen LogP contribution >= 0.6 is 0 Å². The first-order chi connectivity index (χ1) is 13.3. The highest BCUT2D eigenvalue weighted by molar-refractivity contribution is 5.94. The number of anilines is 1. The molecule has 1 aromatic heterocycles. The van der Waals surface area contributed by atoms with Gasteiger partial charge in [0.05, 0.1) is 25.6 Å². The smallest absolute Gasteiger partial charge is 0.209 e. The van der Waals surface area contributed by atoms with E-state index in [1.807, 2.05) is 42.6 Å². The Balaban J connectivity index is 1.60. The Hall–Kier alpha value is -3.27. The molecule has 0 saturated heterocycles. The monoisotopic (exact) mass is 367 g/mol. The number of nitrogens with one attached hydrogen (secondary N) is 2. The minimum atomic E-state index is 0.437. The van der Waals surface area contributed by atoms with Crippen molar-refractivity contribution in [3.8, 4) is 17.7 Å². The minimum Gasteiger partial charge on any atom is -0.497 e. The molecular weight excluding hydrogens is 342 g/mol. The summed E-state index contributed by atoms with van der Waals surface area (Å²) >= 11 is 0. The van der Waals surface area contributed by atoms with Crippen molar-refractivity contribution in [2.75, 3.05) is 25.6 Å². The summed E-state index contributed by atoms with van der Waals surface area (Å²) in [5.41, 5.74) is 0.786. The molecule has 0 atom stereocenters. The van der Waals surface area contributed by atoms with Crippen molar-refractivity contribution in [1.29, 1.82) is 5.26 Å². The first kappa shape index (κ1) is 20.0. The van der Waals surface area contributed by atoms with Gasteiger partial charge in [0.2, 0.25) is 5.96 Å². The molecule has 7 heteroatoms. The predicted octanol–water partition coefficient (Wildman–Crippen LogP) is 3.57. The second kappa shape index (κ2) is 12.1. The number of pyridine rings is 1. The number of hydrogen-bond donors (Lipinski definition) is 2. The third kappa shape index (κ3) is 8.10. The predicted molar refractivity (Wildman–Crippen MR) is 106 cm³/mol. The zero-order valence-electron chi connectivity index (χ0n) is 15.5. The molecule has 2 rings (SSSR count). The number of ether oxygens (including phenoxy) is 2. The second-order valence-electron chi connectivity index (χ2n) is 5.78. The summed E-state index contributed by atoms with van der Waals surface area (Å²) in [7, 11) is 1.64. The van der Waals surface area contributed by atoms with Gasteiger partial charge in [0, 0.05) is 18.8 Å². The number of guanidine groups is 1. The van der Waals surface area contributed by atoms with Crippen LogP contribution in [0.25, 0.3) is 0 Å². The van der Waals surface area contributed by atoms with Crippen molar-refractivity contribution >= 4 is 11.6 Å². The number of hydrogen-bond acceptors (Lipinski definition) is 5. The van der Waals surface area contributed by atoms with Crippen molar-refractivity contribution < 1.29 is 9.47 Å². The van der Waals surface area contributed by atoms with Gasteiger partial charge in [-0.2, -0.15) is 5.26 Å². The van der Waals surface area contributed by atoms with Crippen LogP contribution in [0.4, 0.5) is 5.69 Å². The van der Waals surface area contributed by atoms with Crippen molar-refractivity contribution in [2.24, 2.45) is 4.99 Å². The van der Waals surface area contributed by atoms with Gasteiger partial charge in [0.25, 0.3) is 0 Å². The Labute approximate surface area is 160 Å². The second-order valence-corrected chi connectivity index (χ2v) is 5.78. The summed E-state index contributed by atoms with van der Waals surface area (Å²) in [5.74, 6) is 2.06. The topological polar surface area (TPSA) is 91.6 Å². The fourth-order valence-electron chi connectivity index (χ4n) is 2.38. The van der Waals surface area contributed by atoms with Crippen LogP contribution in [0.2, 0.25) is 0 Å². The number of nitriles is 1. The number of rotatable bonds is 10. The van der Waals surface area contributed by atoms with E-state index in [9.17, 15) is 0 Å². The molecule has 142 valence electrons. The Morgan fingerprint density at radius 3 is 2.78 bits per heavy atom. The molecule has 0 radical (unpaired) electrons. The van der Waals surface area contributed by atoms with Crippen molar-refractivity contribution in [3.05, 3.63) is 48.8 Å². The Kier molecular flexibility index (Phi) is 9.02. The molecule has 0 aliphatic carbocycles. The van der Waals surface area contributed by atoms with Gasteiger partial charge in [0.15, 0.2) is 6.19 Å². The van der Waals surface area contributed by atoms with E-state index in [4.69, 9.17) is 14.7 Å². The van der Waals surface area contributed by atoms with Crippen LogP contribution in [0, 0.1) is 11.5 Å². The highest BCUT2D eigenvalue weighted by atomic mass is 16.5. The van der Waals surface area contributed by atoms with E-state index in [1.54, 1.807) is 19.5 Å². The van der Waals surface area contributed by atoms with Gasteiger partial charge in [-0.15, -0.1) is 0 Å². The number of benzene rings is 1. The van der Waals surface area contributed by atoms with Gasteiger partial charge < -0.3 is 14.8 Å². The fraction of sp³-hybridized carbons (Fsp3) is 0.350. The molecule has 0 amide bonds. The Morgan fingerprint density at radius 2 is 2.00 bits per heavy atom. The molecule has 0 aliphatic rings. The lowest BCUT2D eigenvalue weighted by molar-refractivity contribution is 0.302. The van der Waals surface area contributed by atoms with Crippen LogP contribution < -0.4 is 20.1 Å². The van der Waals surface area contributed by atoms with Gasteiger partial charge in [-0.25, -0.2) is 0 Å². The molecule has 0 spiro atoms. The zero-order valence-corrected chi connectivity index (χ0v) is 15.5. The maximum Gasteiger partial charge on any atom is 0.209 e. The highest BCUT2D eigenvalue weighted by Gasteiger charge is 1.99. The van der Waals surface area contributed by atoms with Crippen molar-refractivity contribution in [2.45, 2.75) is 25.7 Å². The van der Waals surface area contributed by atoms with Gasteiger partial charge in [-0.1, -0.05) is 12.5 Å². The van der Waals surface area contributed by atoms with Gasteiger partial charge >= 0.3 is 0 Å². The van der Waals surface area contributed by atoms with E-state index in [0.717, 1.165) is 42.9 Å². The lowest BCUT2D eigenvalue weighted by Crippen LogP contribution is -2.27. The number of aliphatic imine (C=N–C) groups is 1. The van der Waals surface area contributed by atoms with E-state index in [0.29, 0.717) is 19.1 Å². The first-order valence-electron chi connectivity index (χ1n) is 8.95. The standard InChI is InChI=1S/C20H25N5O2/c1-26-18-9-6-10-19(14-18)27-13-5-3-2-4-12-23-20(24-16-21)25-17-8-7-11-22-15-17/h6-11,14-15H,2-5,12-13H2,1H3,(H2,23,24,25). The molecule has 1 heterocycles. The maximum absolute atomic E-state index is 8.82. The maximum atomic E-state index is 8.82. The van der Waals surface area contributed by atoms with E-state index in [-0.39, 0.29) is 0 Å². The molecule has 2 aromatic rings. The summed E-state index contributed by atoms with van der Waals surface area (Å²) in [5, 5.41) is 14.4. The third-order valence-corrected chi connectivity index (χ3v) is 3.73. The van der Waals surface area contributed by atoms with Crippen molar-refractivity contribution in [3.63, 3.8) is 0 Å². The Morgan fingerprint density at radius 1 is 1.15 bits per heavy atom. The average molecular weight is 367 g/mol. The number of aromatic nitrogens is 1. The van der Waals surface area contributed by atoms with Crippen LogP contribution in [0.5, 0.6) is 11.5 Å². The average Bonchev–Trinajstić information content (AvgIpc) is 2.71. The Bertz CT molecular complexity index is 744. The van der Waals surface area contributed by atoms with Gasteiger partial charge in [-0.05, 0) is 43.5 Å². The molecule has 0 bridgehead atoms. The van der Waals surface area contributed by atoms with E-state index in [1.165, 1.54) is 0 Å². The van der Waals surface area contributed by atoms with Crippen LogP contribution in [-0.4, -0.2) is 31.2 Å². The normalized spacial score (nSPS) is 10.7. The van der Waals surface area contributed by atoms with Crippen LogP contribution in [0.15, 0.2) is 53.8 Å². The number of methoxy groups -OCH3 is 1. The third-order valence-electron chi connectivity index (χ3n) is 3.73. The van der Waals surface area contributed by atoms with Crippen LogP contribution in [0.1, 0.15) is 25.7 Å². The molecule has 1 aromatic carbocycles. The molecule has 7 nitrogen and oxygen atoms in total. The number of nitrogens with zero attached hydrogens (tertiary/aromatic N) is 3. The summed E-state index contributed by atoms with van der Waals surface area (Å²) in [6.45, 7) is 1.33. The molecule has 0 unspecified atom stereocenters. The molecule has 0 saturated carbocycles. The quantitative estimate of drug-likeness (QED) is 0.219. The van der Waals surface area contributed by atoms with Gasteiger partial charge in [-0.3, -0.25) is 15.3 Å². The molecule has 0 aliphatic heterocycles. The molecule has 0 fully saturated rings. The summed E-state index contributed by atoms with van der Waals surface area (Å²) in [4.78, 5) is 8.41. The van der Waals surface area contributed by atoms with Crippen LogP contribution in [0.3, 0.4) is 0 Å². The zero-order chi connectivity index (χ0) is 19.2. The first-order valence-corrected chi connectivity index (χ1v) is 8.95. The lowest BCUT2D eigenvalue weighted by Gasteiger charge is -2.08. The van der Waals surface area contributed by atoms with Crippen molar-refractivity contribution in [1.82, 2.24) is 10.3 Å². The minimum absolute atomic E-state index is 0.437.